The molecule has 1 aromatic carbocycles. The highest BCUT2D eigenvalue weighted by molar-refractivity contribution is 9.10. The number of hydrogen-bond acceptors (Lipinski definition) is 1. The zero-order valence-corrected chi connectivity index (χ0v) is 9.52. The van der Waals surface area contributed by atoms with Crippen molar-refractivity contribution in [2.75, 3.05) is 0 Å². The van der Waals surface area contributed by atoms with Crippen LogP contribution in [0, 0.1) is 6.92 Å². The summed E-state index contributed by atoms with van der Waals surface area (Å²) in [6.07, 6.45) is -4.66. The number of ether oxygens (including phenoxy) is 1. The molecule has 0 saturated carbocycles. The van der Waals surface area contributed by atoms with Crippen LogP contribution in [0.4, 0.5) is 13.2 Å². The summed E-state index contributed by atoms with van der Waals surface area (Å²) in [6.45, 7) is 5.52. The molecule has 83 valence electrons. The van der Waals surface area contributed by atoms with Crippen LogP contribution in [-0.2, 0) is 0 Å². The van der Waals surface area contributed by atoms with Crippen LogP contribution in [0.5, 0.6) is 5.75 Å². The van der Waals surface area contributed by atoms with Crippen LogP contribution in [0.1, 0.15) is 18.4 Å². The first-order valence-electron chi connectivity index (χ1n) is 4.17. The quantitative estimate of drug-likeness (QED) is 0.786. The lowest BCUT2D eigenvalue weighted by Crippen LogP contribution is -2.17. The monoisotopic (exact) mass is 281 g/mol. The van der Waals surface area contributed by atoms with E-state index >= 15 is 0 Å². The Labute approximate surface area is 94.4 Å². The normalized spacial score (nSPS) is 11.9. The average Bonchev–Trinajstić information content (AvgIpc) is 1.99. The summed E-state index contributed by atoms with van der Waals surface area (Å²) in [5.41, 5.74) is 0.684. The van der Waals surface area contributed by atoms with Crippen molar-refractivity contribution in [2.45, 2.75) is 19.2 Å². The zero-order valence-electron chi connectivity index (χ0n) is 7.94. The number of benzene rings is 1. The second-order valence-electron chi connectivity index (χ2n) is 3.17. The summed E-state index contributed by atoms with van der Waals surface area (Å²) in [6, 6.07) is 4.30. The van der Waals surface area contributed by atoms with Crippen LogP contribution >= 0.6 is 15.9 Å². The van der Waals surface area contributed by atoms with Gasteiger partial charge in [-0.3, -0.25) is 0 Å². The van der Waals surface area contributed by atoms with E-state index < -0.39 is 6.36 Å². The molecule has 1 unspecified atom stereocenters. The van der Waals surface area contributed by atoms with Crippen LogP contribution in [0.3, 0.4) is 0 Å². The van der Waals surface area contributed by atoms with Gasteiger partial charge in [-0.2, -0.15) is 0 Å². The Balaban J connectivity index is 2.99. The molecule has 0 saturated heterocycles. The lowest BCUT2D eigenvalue weighted by atomic mass is 10.0. The first-order chi connectivity index (χ1) is 6.78. The Morgan fingerprint density at radius 3 is 2.40 bits per heavy atom. The first-order valence-corrected chi connectivity index (χ1v) is 4.96. The van der Waals surface area contributed by atoms with Crippen molar-refractivity contribution in [2.24, 2.45) is 0 Å². The van der Waals surface area contributed by atoms with E-state index in [4.69, 9.17) is 0 Å². The molecule has 0 spiro atoms. The minimum Gasteiger partial charge on any atom is -0.406 e. The molecule has 1 rings (SSSR count). The lowest BCUT2D eigenvalue weighted by Gasteiger charge is -2.12. The van der Waals surface area contributed by atoms with E-state index in [9.17, 15) is 13.2 Å². The highest BCUT2D eigenvalue weighted by Gasteiger charge is 2.31. The third kappa shape index (κ3) is 4.11. The van der Waals surface area contributed by atoms with E-state index in [1.807, 2.05) is 0 Å². The van der Waals surface area contributed by atoms with Crippen molar-refractivity contribution in [3.8, 4) is 5.75 Å². The Morgan fingerprint density at radius 1 is 1.33 bits per heavy atom. The topological polar surface area (TPSA) is 9.23 Å². The highest BCUT2D eigenvalue weighted by atomic mass is 79.9. The van der Waals surface area contributed by atoms with Gasteiger partial charge < -0.3 is 4.74 Å². The largest absolute Gasteiger partial charge is 0.573 e. The maximum atomic E-state index is 12.0. The van der Waals surface area contributed by atoms with Gasteiger partial charge in [0.25, 0.3) is 0 Å². The number of alkyl halides is 3. The molecule has 0 fully saturated rings. The summed E-state index contributed by atoms with van der Waals surface area (Å²) in [5, 5.41) is 0. The molecule has 5 heteroatoms. The molecule has 0 aliphatic heterocycles. The molecule has 15 heavy (non-hydrogen) atoms. The number of hydrogen-bond donors (Lipinski definition) is 0. The fourth-order valence-corrected chi connectivity index (χ4v) is 1.55. The Bertz CT molecular complexity index is 347. The van der Waals surface area contributed by atoms with Gasteiger partial charge in [0.2, 0.25) is 0 Å². The fraction of sp³-hybridized carbons (Fsp3) is 0.300. The fourth-order valence-electron chi connectivity index (χ4n) is 1.06. The van der Waals surface area contributed by atoms with Crippen LogP contribution in [0.15, 0.2) is 22.7 Å². The van der Waals surface area contributed by atoms with Crippen LogP contribution in [-0.4, -0.2) is 6.36 Å². The van der Waals surface area contributed by atoms with Gasteiger partial charge in [-0.25, -0.2) is 0 Å². The maximum Gasteiger partial charge on any atom is 0.573 e. The summed E-state index contributed by atoms with van der Waals surface area (Å²) in [7, 11) is 0. The zero-order chi connectivity index (χ0) is 11.6. The van der Waals surface area contributed by atoms with Crippen molar-refractivity contribution in [3.63, 3.8) is 0 Å². The van der Waals surface area contributed by atoms with Crippen LogP contribution < -0.4 is 4.74 Å². The Hall–Kier alpha value is -0.710. The summed E-state index contributed by atoms with van der Waals surface area (Å²) in [4.78, 5) is 0. The molecule has 0 heterocycles. The van der Waals surface area contributed by atoms with Crippen molar-refractivity contribution in [3.05, 3.63) is 35.2 Å². The third-order valence-corrected chi connectivity index (χ3v) is 2.15. The third-order valence-electron chi connectivity index (χ3n) is 1.70. The summed E-state index contributed by atoms with van der Waals surface area (Å²) >= 11 is 3.11. The van der Waals surface area contributed by atoms with Crippen molar-refractivity contribution >= 4 is 15.9 Å². The van der Waals surface area contributed by atoms with Gasteiger partial charge in [-0.1, -0.05) is 22.9 Å². The predicted molar refractivity (Wildman–Crippen MR) is 54.6 cm³/mol. The molecule has 0 aromatic heterocycles. The van der Waals surface area contributed by atoms with E-state index in [1.165, 1.54) is 12.1 Å². The standard InChI is InChI=1S/C10H9BrF3O/c1-6(2)7-3-8(11)5-9(4-7)15-10(12,13)14/h3-6H,1H2,2H3. The minimum absolute atomic E-state index is 0.0990. The average molecular weight is 282 g/mol. The van der Waals surface area contributed by atoms with Gasteiger partial charge >= 0.3 is 6.36 Å². The summed E-state index contributed by atoms with van der Waals surface area (Å²) < 4.78 is 40.2. The van der Waals surface area contributed by atoms with E-state index in [0.717, 1.165) is 0 Å². The van der Waals surface area contributed by atoms with Gasteiger partial charge in [-0.15, -0.1) is 13.2 Å². The number of rotatable bonds is 2. The number of halogens is 4. The lowest BCUT2D eigenvalue weighted by molar-refractivity contribution is -0.274. The van der Waals surface area contributed by atoms with Crippen molar-refractivity contribution in [1.82, 2.24) is 0 Å². The Kier molecular flexibility index (Phi) is 3.65. The van der Waals surface area contributed by atoms with Gasteiger partial charge in [0, 0.05) is 4.47 Å². The van der Waals surface area contributed by atoms with Crippen molar-refractivity contribution in [1.29, 1.82) is 0 Å². The molecule has 0 aliphatic rings. The molecule has 0 N–H and O–H groups in total. The maximum absolute atomic E-state index is 12.0. The molecule has 1 atom stereocenters. The molecule has 0 aliphatic carbocycles. The molecule has 1 radical (unpaired) electrons. The minimum atomic E-state index is -4.66. The smallest absolute Gasteiger partial charge is 0.406 e. The molecule has 1 aromatic rings. The van der Waals surface area contributed by atoms with Crippen LogP contribution in [0.2, 0.25) is 0 Å². The van der Waals surface area contributed by atoms with Gasteiger partial charge in [0.05, 0.1) is 0 Å². The summed E-state index contributed by atoms with van der Waals surface area (Å²) in [5.74, 6) is -0.333. The van der Waals surface area contributed by atoms with E-state index in [2.05, 4.69) is 27.6 Å². The van der Waals surface area contributed by atoms with Crippen LogP contribution in [0.25, 0.3) is 0 Å². The molecular weight excluding hydrogens is 273 g/mol. The molecule has 0 bridgehead atoms. The molecular formula is C10H9BrF3O. The van der Waals surface area contributed by atoms with Gasteiger partial charge in [0.15, 0.2) is 0 Å². The van der Waals surface area contributed by atoms with Crippen molar-refractivity contribution < 1.29 is 17.9 Å². The van der Waals surface area contributed by atoms with E-state index in [1.54, 1.807) is 13.0 Å². The second kappa shape index (κ2) is 4.43. The Morgan fingerprint density at radius 2 is 1.93 bits per heavy atom. The molecule has 1 nitrogen and oxygen atoms in total. The van der Waals surface area contributed by atoms with Gasteiger partial charge in [-0.05, 0) is 36.6 Å². The van der Waals surface area contributed by atoms with E-state index in [0.29, 0.717) is 10.0 Å². The first kappa shape index (κ1) is 12.4. The highest BCUT2D eigenvalue weighted by Crippen LogP contribution is 2.29. The molecule has 0 amide bonds. The van der Waals surface area contributed by atoms with E-state index in [-0.39, 0.29) is 11.7 Å². The second-order valence-corrected chi connectivity index (χ2v) is 4.08. The predicted octanol–water partition coefficient (Wildman–Crippen LogP) is 4.29. The van der Waals surface area contributed by atoms with Gasteiger partial charge in [0.1, 0.15) is 5.75 Å². The SMILES string of the molecule is [CH2]C(C)c1cc(Br)cc(OC(F)(F)F)c1.